The number of hydrogen-bond donors (Lipinski definition) is 1. The molecule has 0 aliphatic carbocycles. The molecule has 0 fully saturated rings. The first kappa shape index (κ1) is 15.7. The average molecular weight is 280 g/mol. The number of hydrogen-bond acceptors (Lipinski definition) is 5. The van der Waals surface area contributed by atoms with E-state index in [0.29, 0.717) is 5.56 Å². The van der Waals surface area contributed by atoms with E-state index in [9.17, 15) is 14.4 Å². The van der Waals surface area contributed by atoms with Crippen molar-refractivity contribution >= 4 is 17.9 Å². The number of carboxylic acid groups (broad SMARTS) is 1. The number of benzene rings is 1. The Labute approximate surface area is 116 Å². The Morgan fingerprint density at radius 1 is 1.15 bits per heavy atom. The Morgan fingerprint density at radius 3 is 2.20 bits per heavy atom. The molecule has 0 aliphatic rings. The van der Waals surface area contributed by atoms with Crippen molar-refractivity contribution in [2.75, 3.05) is 13.7 Å². The van der Waals surface area contributed by atoms with Crippen LogP contribution >= 0.6 is 0 Å². The molecule has 0 bridgehead atoms. The van der Waals surface area contributed by atoms with E-state index in [1.807, 2.05) is 0 Å². The van der Waals surface area contributed by atoms with Gasteiger partial charge in [-0.05, 0) is 38.0 Å². The van der Waals surface area contributed by atoms with Crippen molar-refractivity contribution in [3.63, 3.8) is 0 Å². The van der Waals surface area contributed by atoms with Crippen LogP contribution in [0, 0.1) is 13.8 Å². The van der Waals surface area contributed by atoms with Crippen LogP contribution in [0.2, 0.25) is 0 Å². The summed E-state index contributed by atoms with van der Waals surface area (Å²) in [6.45, 7) is 4.94. The second-order valence-corrected chi connectivity index (χ2v) is 4.13. The van der Waals surface area contributed by atoms with E-state index in [2.05, 4.69) is 4.74 Å². The first-order valence-corrected chi connectivity index (χ1v) is 5.98. The van der Waals surface area contributed by atoms with Gasteiger partial charge in [0.2, 0.25) is 0 Å². The summed E-state index contributed by atoms with van der Waals surface area (Å²) in [7, 11) is 1.15. The number of rotatable bonds is 4. The molecule has 0 atom stereocenters. The minimum atomic E-state index is -1.26. The summed E-state index contributed by atoms with van der Waals surface area (Å²) < 4.78 is 9.51. The average Bonchev–Trinajstić information content (AvgIpc) is 2.37. The Hall–Kier alpha value is -2.37. The third-order valence-corrected chi connectivity index (χ3v) is 2.87. The monoisotopic (exact) mass is 280 g/mol. The molecule has 0 heterocycles. The standard InChI is InChI=1S/C14H16O6/c1-5-20-14(18)10-7(2)6-9(12(15)16)11(8(10)3)13(17)19-4/h6H,5H2,1-4H3,(H,15,16). The maximum Gasteiger partial charge on any atom is 0.339 e. The van der Waals surface area contributed by atoms with Gasteiger partial charge in [0.05, 0.1) is 30.4 Å². The minimum absolute atomic E-state index is 0.131. The zero-order valence-corrected chi connectivity index (χ0v) is 11.8. The molecule has 1 N–H and O–H groups in total. The number of methoxy groups -OCH3 is 1. The Balaban J connectivity index is 3.62. The van der Waals surface area contributed by atoms with Crippen molar-refractivity contribution in [1.29, 1.82) is 0 Å². The number of aromatic carboxylic acids is 1. The predicted molar refractivity (Wildman–Crippen MR) is 70.2 cm³/mol. The zero-order valence-electron chi connectivity index (χ0n) is 11.8. The molecule has 0 amide bonds. The van der Waals surface area contributed by atoms with Crippen molar-refractivity contribution in [2.45, 2.75) is 20.8 Å². The minimum Gasteiger partial charge on any atom is -0.478 e. The molecule has 20 heavy (non-hydrogen) atoms. The van der Waals surface area contributed by atoms with Crippen LogP contribution in [0.25, 0.3) is 0 Å². The summed E-state index contributed by atoms with van der Waals surface area (Å²) in [4.78, 5) is 34.9. The fourth-order valence-electron chi connectivity index (χ4n) is 2.03. The smallest absolute Gasteiger partial charge is 0.339 e. The van der Waals surface area contributed by atoms with E-state index in [-0.39, 0.29) is 28.9 Å². The highest BCUT2D eigenvalue weighted by molar-refractivity contribution is 6.07. The summed E-state index contributed by atoms with van der Waals surface area (Å²) in [5.74, 6) is -2.65. The maximum absolute atomic E-state index is 11.9. The molecule has 108 valence electrons. The summed E-state index contributed by atoms with van der Waals surface area (Å²) in [6, 6.07) is 1.27. The van der Waals surface area contributed by atoms with Crippen LogP contribution in [0.3, 0.4) is 0 Å². The molecule has 1 aromatic rings. The maximum atomic E-state index is 11.9. The van der Waals surface area contributed by atoms with E-state index < -0.39 is 17.9 Å². The van der Waals surface area contributed by atoms with Crippen LogP contribution in [-0.2, 0) is 9.47 Å². The van der Waals surface area contributed by atoms with Crippen LogP contribution < -0.4 is 0 Å². The Morgan fingerprint density at radius 2 is 1.75 bits per heavy atom. The van der Waals surface area contributed by atoms with Gasteiger partial charge in [0.1, 0.15) is 0 Å². The molecule has 1 rings (SSSR count). The lowest BCUT2D eigenvalue weighted by atomic mass is 9.92. The molecule has 6 heteroatoms. The normalized spacial score (nSPS) is 10.0. The van der Waals surface area contributed by atoms with Crippen LogP contribution in [0.5, 0.6) is 0 Å². The number of carboxylic acids is 1. The number of carbonyl (C=O) groups excluding carboxylic acids is 2. The number of carbonyl (C=O) groups is 3. The van der Waals surface area contributed by atoms with Crippen molar-refractivity contribution in [3.8, 4) is 0 Å². The molecule has 0 aromatic heterocycles. The van der Waals surface area contributed by atoms with Gasteiger partial charge >= 0.3 is 17.9 Å². The van der Waals surface area contributed by atoms with Gasteiger partial charge in [-0.3, -0.25) is 0 Å². The van der Waals surface area contributed by atoms with Crippen LogP contribution in [-0.4, -0.2) is 36.7 Å². The van der Waals surface area contributed by atoms with Gasteiger partial charge in [0.25, 0.3) is 0 Å². The molecule has 0 unspecified atom stereocenters. The van der Waals surface area contributed by atoms with E-state index in [0.717, 1.165) is 7.11 Å². The number of aryl methyl sites for hydroxylation is 1. The van der Waals surface area contributed by atoms with Crippen LogP contribution in [0.15, 0.2) is 6.07 Å². The molecule has 1 aromatic carbocycles. The van der Waals surface area contributed by atoms with Gasteiger partial charge in [-0.2, -0.15) is 0 Å². The SMILES string of the molecule is CCOC(=O)c1c(C)cc(C(=O)O)c(C(=O)OC)c1C. The molecule has 0 saturated carbocycles. The molecular formula is C14H16O6. The van der Waals surface area contributed by atoms with Crippen molar-refractivity contribution in [3.05, 3.63) is 33.9 Å². The number of esters is 2. The second kappa shape index (κ2) is 6.18. The molecule has 0 spiro atoms. The van der Waals surface area contributed by atoms with E-state index in [1.54, 1.807) is 13.8 Å². The highest BCUT2D eigenvalue weighted by Crippen LogP contribution is 2.24. The highest BCUT2D eigenvalue weighted by Gasteiger charge is 2.26. The molecule has 6 nitrogen and oxygen atoms in total. The summed E-state index contributed by atoms with van der Waals surface area (Å²) >= 11 is 0. The fourth-order valence-corrected chi connectivity index (χ4v) is 2.03. The Bertz CT molecular complexity index is 574. The molecule has 0 saturated heterocycles. The van der Waals surface area contributed by atoms with E-state index >= 15 is 0 Å². The zero-order chi connectivity index (χ0) is 15.4. The van der Waals surface area contributed by atoms with E-state index in [4.69, 9.17) is 9.84 Å². The fraction of sp³-hybridized carbons (Fsp3) is 0.357. The van der Waals surface area contributed by atoms with Crippen molar-refractivity contribution in [2.24, 2.45) is 0 Å². The highest BCUT2D eigenvalue weighted by atomic mass is 16.5. The first-order chi connectivity index (χ1) is 9.34. The predicted octanol–water partition coefficient (Wildman–Crippen LogP) is 1.96. The van der Waals surface area contributed by atoms with Crippen molar-refractivity contribution < 1.29 is 29.0 Å². The lowest BCUT2D eigenvalue weighted by Gasteiger charge is -2.14. The van der Waals surface area contributed by atoms with Gasteiger partial charge in [-0.15, -0.1) is 0 Å². The largest absolute Gasteiger partial charge is 0.478 e. The van der Waals surface area contributed by atoms with E-state index in [1.165, 1.54) is 13.0 Å². The number of ether oxygens (including phenoxy) is 2. The third kappa shape index (κ3) is 2.79. The quantitative estimate of drug-likeness (QED) is 0.848. The van der Waals surface area contributed by atoms with Crippen molar-refractivity contribution in [1.82, 2.24) is 0 Å². The molecular weight excluding hydrogens is 264 g/mol. The van der Waals surface area contributed by atoms with Gasteiger partial charge in [0, 0.05) is 0 Å². The summed E-state index contributed by atoms with van der Waals surface area (Å²) in [5, 5.41) is 9.17. The van der Waals surface area contributed by atoms with Gasteiger partial charge in [-0.25, -0.2) is 14.4 Å². The van der Waals surface area contributed by atoms with Crippen LogP contribution in [0.4, 0.5) is 0 Å². The first-order valence-electron chi connectivity index (χ1n) is 5.98. The summed E-state index contributed by atoms with van der Waals surface area (Å²) in [5.41, 5.74) is 0.546. The topological polar surface area (TPSA) is 89.9 Å². The second-order valence-electron chi connectivity index (χ2n) is 4.13. The molecule has 0 radical (unpaired) electrons. The van der Waals surface area contributed by atoms with Gasteiger partial charge in [-0.1, -0.05) is 0 Å². The van der Waals surface area contributed by atoms with Gasteiger partial charge < -0.3 is 14.6 Å². The lowest BCUT2D eigenvalue weighted by molar-refractivity contribution is 0.0522. The third-order valence-electron chi connectivity index (χ3n) is 2.87. The molecule has 0 aliphatic heterocycles. The Kier molecular flexibility index (Phi) is 4.85. The summed E-state index contributed by atoms with van der Waals surface area (Å²) in [6.07, 6.45) is 0. The van der Waals surface area contributed by atoms with Gasteiger partial charge in [0.15, 0.2) is 0 Å². The lowest BCUT2D eigenvalue weighted by Crippen LogP contribution is -2.18. The van der Waals surface area contributed by atoms with Crippen LogP contribution in [0.1, 0.15) is 49.1 Å².